The summed E-state index contributed by atoms with van der Waals surface area (Å²) in [5, 5.41) is 0.0224. The summed E-state index contributed by atoms with van der Waals surface area (Å²) in [7, 11) is -3.70. The van der Waals surface area contributed by atoms with Gasteiger partial charge in [0.25, 0.3) is 0 Å². The minimum atomic E-state index is -5.00. The zero-order valence-electron chi connectivity index (χ0n) is 20.7. The van der Waals surface area contributed by atoms with E-state index in [2.05, 4.69) is 11.8 Å². The van der Waals surface area contributed by atoms with Gasteiger partial charge in [-0.05, 0) is 81.0 Å². The Bertz CT molecular complexity index is 1190. The number of halogens is 4. The molecule has 1 aliphatic rings. The summed E-state index contributed by atoms with van der Waals surface area (Å²) >= 11 is 6.14. The molecule has 0 aliphatic carbocycles. The maximum absolute atomic E-state index is 13.4. The van der Waals surface area contributed by atoms with Gasteiger partial charge < -0.3 is 9.80 Å². The largest absolute Gasteiger partial charge is 0.471 e. The number of hydrogen-bond donors (Lipinski definition) is 0. The number of carbonyl (C=O) groups is 1. The van der Waals surface area contributed by atoms with E-state index in [9.17, 15) is 26.4 Å². The van der Waals surface area contributed by atoms with E-state index in [0.29, 0.717) is 41.3 Å². The molecule has 0 N–H and O–H groups in total. The highest BCUT2D eigenvalue weighted by Crippen LogP contribution is 2.37. The maximum atomic E-state index is 13.4. The summed E-state index contributed by atoms with van der Waals surface area (Å²) in [6.45, 7) is 6.92. The molecule has 1 amide bonds. The monoisotopic (exact) mass is 544 g/mol. The molecule has 0 saturated heterocycles. The number of alkyl halides is 3. The fraction of sp³-hybridized carbons (Fsp3) is 0.500. The molecule has 198 valence electrons. The van der Waals surface area contributed by atoms with Gasteiger partial charge in [-0.2, -0.15) is 13.2 Å². The normalized spacial score (nSPS) is 16.6. The summed E-state index contributed by atoms with van der Waals surface area (Å²) in [4.78, 5) is 14.9. The van der Waals surface area contributed by atoms with Gasteiger partial charge in [0.2, 0.25) is 0 Å². The van der Waals surface area contributed by atoms with Crippen LogP contribution in [0.15, 0.2) is 47.4 Å². The van der Waals surface area contributed by atoms with Crippen molar-refractivity contribution in [1.29, 1.82) is 0 Å². The molecule has 0 bridgehead atoms. The molecule has 0 spiro atoms. The number of nitrogens with zero attached hydrogens (tertiary/aromatic N) is 2. The number of sulfone groups is 1. The first-order valence-electron chi connectivity index (χ1n) is 12.2. The Morgan fingerprint density at radius 1 is 1.17 bits per heavy atom. The zero-order chi connectivity index (χ0) is 26.7. The van der Waals surface area contributed by atoms with Crippen molar-refractivity contribution in [2.24, 2.45) is 0 Å². The fourth-order valence-corrected chi connectivity index (χ4v) is 6.87. The van der Waals surface area contributed by atoms with Crippen molar-refractivity contribution in [2.45, 2.75) is 75.2 Å². The number of fused-ring (bicyclic) bond motifs is 1. The zero-order valence-corrected chi connectivity index (χ0v) is 22.3. The lowest BCUT2D eigenvalue weighted by molar-refractivity contribution is -0.170. The second-order valence-electron chi connectivity index (χ2n) is 9.20. The first kappa shape index (κ1) is 28.3. The molecule has 36 heavy (non-hydrogen) atoms. The molecule has 2 aromatic rings. The maximum Gasteiger partial charge on any atom is 0.471 e. The molecule has 1 aliphatic heterocycles. The lowest BCUT2D eigenvalue weighted by atomic mass is 10.1. The van der Waals surface area contributed by atoms with E-state index >= 15 is 0 Å². The van der Waals surface area contributed by atoms with Crippen LogP contribution in [0.5, 0.6) is 0 Å². The van der Waals surface area contributed by atoms with Crippen LogP contribution in [0.2, 0.25) is 5.02 Å². The van der Waals surface area contributed by atoms with E-state index in [0.717, 1.165) is 18.7 Å². The van der Waals surface area contributed by atoms with Crippen LogP contribution in [-0.4, -0.2) is 44.9 Å². The van der Waals surface area contributed by atoms with Crippen molar-refractivity contribution in [3.8, 4) is 0 Å². The fourth-order valence-electron chi connectivity index (χ4n) is 4.82. The average Bonchev–Trinajstić information content (AvgIpc) is 3.14. The van der Waals surface area contributed by atoms with Crippen LogP contribution in [0.25, 0.3) is 0 Å². The molecule has 0 saturated carbocycles. The Morgan fingerprint density at radius 2 is 1.89 bits per heavy atom. The van der Waals surface area contributed by atoms with Crippen LogP contribution in [0.4, 0.5) is 24.5 Å². The Hall–Kier alpha value is -2.26. The van der Waals surface area contributed by atoms with Crippen LogP contribution < -0.4 is 9.80 Å². The van der Waals surface area contributed by atoms with Gasteiger partial charge in [0.05, 0.1) is 10.1 Å². The second-order valence-corrected chi connectivity index (χ2v) is 11.9. The molecule has 10 heteroatoms. The summed E-state index contributed by atoms with van der Waals surface area (Å²) in [5.41, 5.74) is 1.55. The van der Waals surface area contributed by atoms with Gasteiger partial charge in [-0.1, -0.05) is 31.5 Å². The van der Waals surface area contributed by atoms with E-state index in [1.165, 1.54) is 25.1 Å². The van der Waals surface area contributed by atoms with E-state index in [-0.39, 0.29) is 17.0 Å². The Labute approximate surface area is 216 Å². The summed E-state index contributed by atoms with van der Waals surface area (Å²) < 4.78 is 66.0. The first-order valence-corrected chi connectivity index (χ1v) is 14.1. The molecule has 5 nitrogen and oxygen atoms in total. The quantitative estimate of drug-likeness (QED) is 0.346. The second kappa shape index (κ2) is 11.4. The highest BCUT2D eigenvalue weighted by Gasteiger charge is 2.47. The van der Waals surface area contributed by atoms with Gasteiger partial charge in [0, 0.05) is 35.5 Å². The van der Waals surface area contributed by atoms with E-state index in [1.807, 2.05) is 31.2 Å². The van der Waals surface area contributed by atoms with Crippen molar-refractivity contribution in [2.75, 3.05) is 22.9 Å². The third-order valence-corrected chi connectivity index (χ3v) is 9.16. The highest BCUT2D eigenvalue weighted by atomic mass is 35.5. The molecule has 2 atom stereocenters. The Balaban J connectivity index is 1.75. The molecule has 3 rings (SSSR count). The van der Waals surface area contributed by atoms with Crippen molar-refractivity contribution in [1.82, 2.24) is 0 Å². The topological polar surface area (TPSA) is 57.7 Å². The molecule has 0 aromatic heterocycles. The number of anilines is 2. The van der Waals surface area contributed by atoms with Gasteiger partial charge in [0.1, 0.15) is 0 Å². The molecular weight excluding hydrogens is 513 g/mol. The number of hydrogen-bond acceptors (Lipinski definition) is 4. The van der Waals surface area contributed by atoms with Crippen molar-refractivity contribution >= 4 is 38.7 Å². The minimum absolute atomic E-state index is 0.0851. The van der Waals surface area contributed by atoms with Crippen LogP contribution >= 0.6 is 11.6 Å². The molecule has 2 aromatic carbocycles. The van der Waals surface area contributed by atoms with Gasteiger partial charge in [-0.25, -0.2) is 8.42 Å². The molecule has 0 radical (unpaired) electrons. The third kappa shape index (κ3) is 6.17. The molecule has 2 unspecified atom stereocenters. The summed E-state index contributed by atoms with van der Waals surface area (Å²) in [5.74, 6) is -1.94. The average molecular weight is 545 g/mol. The number of amides is 1. The first-order chi connectivity index (χ1) is 16.9. The Kier molecular flexibility index (Phi) is 8.98. The van der Waals surface area contributed by atoms with Crippen LogP contribution in [0, 0.1) is 0 Å². The minimum Gasteiger partial charge on any atom is -0.372 e. The third-order valence-electron chi connectivity index (χ3n) is 6.57. The number of rotatable bonds is 10. The van der Waals surface area contributed by atoms with Crippen molar-refractivity contribution in [3.05, 3.63) is 53.1 Å². The molecule has 1 heterocycles. The van der Waals surface area contributed by atoms with Gasteiger partial charge in [-0.15, -0.1) is 0 Å². The predicted octanol–water partition coefficient (Wildman–Crippen LogP) is 6.43. The molecule has 0 fully saturated rings. The summed E-state index contributed by atoms with van der Waals surface area (Å²) in [6.07, 6.45) is -2.37. The highest BCUT2D eigenvalue weighted by molar-refractivity contribution is 7.92. The predicted molar refractivity (Wildman–Crippen MR) is 138 cm³/mol. The standard InChI is InChI=1S/C26H32ClF3N2O3S/c1-4-13-31(21-9-6-8-20(27)17-21)14-7-10-22(5-2)36(34,35)23-11-12-24-19(16-23)15-18(3)32(24)25(33)26(28,29)30/h6,8-9,11-12,16-18,22H,4-5,7,10,13-15H2,1-3H3. The lowest BCUT2D eigenvalue weighted by Crippen LogP contribution is -2.44. The van der Waals surface area contributed by atoms with Gasteiger partial charge >= 0.3 is 12.1 Å². The number of carbonyl (C=O) groups excluding carboxylic acids is 1. The Morgan fingerprint density at radius 3 is 2.50 bits per heavy atom. The van der Waals surface area contributed by atoms with Crippen LogP contribution in [-0.2, 0) is 21.1 Å². The van der Waals surface area contributed by atoms with Gasteiger partial charge in [0.15, 0.2) is 9.84 Å². The van der Waals surface area contributed by atoms with Gasteiger partial charge in [-0.3, -0.25) is 4.79 Å². The van der Waals surface area contributed by atoms with Crippen molar-refractivity contribution < 1.29 is 26.4 Å². The van der Waals surface area contributed by atoms with E-state index in [4.69, 9.17) is 11.6 Å². The van der Waals surface area contributed by atoms with E-state index < -0.39 is 33.2 Å². The smallest absolute Gasteiger partial charge is 0.372 e. The SMILES string of the molecule is CCCN(CCCC(CC)S(=O)(=O)c1ccc2c(c1)CC(C)N2C(=O)C(F)(F)F)c1cccc(Cl)c1. The van der Waals surface area contributed by atoms with Crippen LogP contribution in [0.3, 0.4) is 0 Å². The lowest BCUT2D eigenvalue weighted by Gasteiger charge is -2.26. The molecular formula is C26H32ClF3N2O3S. The van der Waals surface area contributed by atoms with E-state index in [1.54, 1.807) is 0 Å². The van der Waals surface area contributed by atoms with Crippen molar-refractivity contribution in [3.63, 3.8) is 0 Å². The van der Waals surface area contributed by atoms with Crippen LogP contribution in [0.1, 0.15) is 52.0 Å². The summed E-state index contributed by atoms with van der Waals surface area (Å²) in [6, 6.07) is 10.9. The number of benzene rings is 2.